The maximum atomic E-state index is 12.8. The van der Waals surface area contributed by atoms with E-state index in [2.05, 4.69) is 6.92 Å². The average molecular weight is 321 g/mol. The fraction of sp³-hybridized carbons (Fsp3) is 0.333. The van der Waals surface area contributed by atoms with E-state index in [1.165, 1.54) is 0 Å². The largest absolute Gasteiger partial charge is 0.336 e. The first-order valence-electron chi connectivity index (χ1n) is 8.53. The van der Waals surface area contributed by atoms with Crippen LogP contribution in [0, 0.1) is 11.8 Å². The molecule has 0 N–H and O–H groups in total. The van der Waals surface area contributed by atoms with Crippen LogP contribution in [0.1, 0.15) is 41.0 Å². The zero-order chi connectivity index (χ0) is 17.1. The highest BCUT2D eigenvalue weighted by atomic mass is 16.2. The Bertz CT molecular complexity index is 648. The molecule has 0 aromatic heterocycles. The van der Waals surface area contributed by atoms with Gasteiger partial charge in [0.15, 0.2) is 5.78 Å². The molecule has 124 valence electrons. The monoisotopic (exact) mass is 321 g/mol. The van der Waals surface area contributed by atoms with Crippen molar-refractivity contribution >= 4 is 11.7 Å². The summed E-state index contributed by atoms with van der Waals surface area (Å²) in [6, 6.07) is 18.9. The number of carbonyl (C=O) groups is 2. The lowest BCUT2D eigenvalue weighted by Gasteiger charge is -2.41. The van der Waals surface area contributed by atoms with Gasteiger partial charge in [-0.15, -0.1) is 0 Å². The van der Waals surface area contributed by atoms with Crippen molar-refractivity contribution in [3.63, 3.8) is 0 Å². The van der Waals surface area contributed by atoms with E-state index in [9.17, 15) is 9.59 Å². The molecule has 24 heavy (non-hydrogen) atoms. The second-order valence-corrected chi connectivity index (χ2v) is 6.72. The molecule has 0 bridgehead atoms. The van der Waals surface area contributed by atoms with Gasteiger partial charge in [0.1, 0.15) is 0 Å². The first-order valence-corrected chi connectivity index (χ1v) is 8.53. The van der Waals surface area contributed by atoms with Crippen LogP contribution in [0.3, 0.4) is 0 Å². The number of rotatable bonds is 3. The fourth-order valence-electron chi connectivity index (χ4n) is 3.56. The third-order valence-corrected chi connectivity index (χ3v) is 4.98. The standard InChI is InChI=1S/C21H23NO2/c1-15-14-22(21(24)18-11-7-4-8-12-18)16(2)13-19(15)20(23)17-9-5-3-6-10-17/h3-12,15-16,19H,13-14H2,1-2H3/t15-,16+,19?/m0/s1. The maximum Gasteiger partial charge on any atom is 0.254 e. The van der Waals surface area contributed by atoms with Crippen LogP contribution >= 0.6 is 0 Å². The molecule has 0 spiro atoms. The molecule has 1 aliphatic rings. The van der Waals surface area contributed by atoms with Gasteiger partial charge in [0.25, 0.3) is 5.91 Å². The van der Waals surface area contributed by atoms with E-state index < -0.39 is 0 Å². The average Bonchev–Trinajstić information content (AvgIpc) is 2.63. The number of piperidine rings is 1. The molecule has 1 aliphatic heterocycles. The van der Waals surface area contributed by atoms with Gasteiger partial charge in [0, 0.05) is 29.6 Å². The summed E-state index contributed by atoms with van der Waals surface area (Å²) in [6.45, 7) is 4.73. The molecule has 2 aromatic rings. The molecule has 2 aromatic carbocycles. The quantitative estimate of drug-likeness (QED) is 0.800. The van der Waals surface area contributed by atoms with Crippen molar-refractivity contribution in [3.8, 4) is 0 Å². The van der Waals surface area contributed by atoms with Crippen molar-refractivity contribution in [2.75, 3.05) is 6.54 Å². The number of nitrogens with zero attached hydrogens (tertiary/aromatic N) is 1. The number of hydrogen-bond donors (Lipinski definition) is 0. The van der Waals surface area contributed by atoms with Gasteiger partial charge in [-0.2, -0.15) is 0 Å². The minimum Gasteiger partial charge on any atom is -0.336 e. The fourth-order valence-corrected chi connectivity index (χ4v) is 3.56. The molecular weight excluding hydrogens is 298 g/mol. The third-order valence-electron chi connectivity index (χ3n) is 4.98. The summed E-state index contributed by atoms with van der Waals surface area (Å²) in [7, 11) is 0. The molecule has 0 aliphatic carbocycles. The Hall–Kier alpha value is -2.42. The Kier molecular flexibility index (Phi) is 4.79. The molecule has 1 unspecified atom stereocenters. The van der Waals surface area contributed by atoms with E-state index in [0.29, 0.717) is 18.5 Å². The lowest BCUT2D eigenvalue weighted by atomic mass is 9.78. The summed E-state index contributed by atoms with van der Waals surface area (Å²) in [5.74, 6) is 0.381. The maximum absolute atomic E-state index is 12.8. The molecule has 0 saturated carbocycles. The molecular formula is C21H23NO2. The summed E-state index contributed by atoms with van der Waals surface area (Å²) < 4.78 is 0. The van der Waals surface area contributed by atoms with Crippen LogP contribution in [0.2, 0.25) is 0 Å². The molecule has 3 nitrogen and oxygen atoms in total. The Morgan fingerprint density at radius 3 is 2.00 bits per heavy atom. The Labute approximate surface area is 143 Å². The van der Waals surface area contributed by atoms with Crippen LogP contribution in [0.5, 0.6) is 0 Å². The van der Waals surface area contributed by atoms with E-state index >= 15 is 0 Å². The summed E-state index contributed by atoms with van der Waals surface area (Å²) in [5, 5.41) is 0. The van der Waals surface area contributed by atoms with Crippen LogP contribution in [0.15, 0.2) is 60.7 Å². The lowest BCUT2D eigenvalue weighted by molar-refractivity contribution is 0.0424. The highest BCUT2D eigenvalue weighted by Crippen LogP contribution is 2.31. The number of benzene rings is 2. The summed E-state index contributed by atoms with van der Waals surface area (Å²) in [5.41, 5.74) is 1.48. The van der Waals surface area contributed by atoms with Gasteiger partial charge in [0.05, 0.1) is 0 Å². The van der Waals surface area contributed by atoms with Crippen LogP contribution < -0.4 is 0 Å². The van der Waals surface area contributed by atoms with Crippen LogP contribution in [-0.2, 0) is 0 Å². The van der Waals surface area contributed by atoms with E-state index in [0.717, 1.165) is 5.56 Å². The predicted octanol–water partition coefficient (Wildman–Crippen LogP) is 4.06. The Morgan fingerprint density at radius 1 is 0.875 bits per heavy atom. The Balaban J connectivity index is 1.75. The highest BCUT2D eigenvalue weighted by Gasteiger charge is 2.37. The molecule has 1 amide bonds. The van der Waals surface area contributed by atoms with E-state index in [4.69, 9.17) is 0 Å². The minimum absolute atomic E-state index is 0.0257. The number of hydrogen-bond acceptors (Lipinski definition) is 2. The summed E-state index contributed by atoms with van der Waals surface area (Å²) >= 11 is 0. The van der Waals surface area contributed by atoms with Gasteiger partial charge in [-0.05, 0) is 31.4 Å². The summed E-state index contributed by atoms with van der Waals surface area (Å²) in [6.07, 6.45) is 0.716. The van der Waals surface area contributed by atoms with Crippen molar-refractivity contribution in [2.24, 2.45) is 11.8 Å². The molecule has 3 heteroatoms. The minimum atomic E-state index is -0.0257. The van der Waals surface area contributed by atoms with Gasteiger partial charge in [-0.25, -0.2) is 0 Å². The normalized spacial score (nSPS) is 23.8. The molecule has 3 atom stereocenters. The van der Waals surface area contributed by atoms with E-state index in [1.54, 1.807) is 0 Å². The Morgan fingerprint density at radius 2 is 1.42 bits per heavy atom. The zero-order valence-electron chi connectivity index (χ0n) is 14.2. The molecule has 1 heterocycles. The first kappa shape index (κ1) is 16.4. The van der Waals surface area contributed by atoms with Gasteiger partial charge < -0.3 is 4.90 Å². The number of ketones is 1. The van der Waals surface area contributed by atoms with Gasteiger partial charge >= 0.3 is 0 Å². The van der Waals surface area contributed by atoms with Crippen molar-refractivity contribution in [1.82, 2.24) is 4.90 Å². The lowest BCUT2D eigenvalue weighted by Crippen LogP contribution is -2.50. The highest BCUT2D eigenvalue weighted by molar-refractivity contribution is 5.98. The SMILES string of the molecule is C[C@@H]1CC(C(=O)c2ccccc2)[C@@H](C)CN1C(=O)c1ccccc1. The third kappa shape index (κ3) is 3.25. The summed E-state index contributed by atoms with van der Waals surface area (Å²) in [4.78, 5) is 27.5. The zero-order valence-corrected chi connectivity index (χ0v) is 14.2. The number of likely N-dealkylation sites (tertiary alicyclic amines) is 1. The molecule has 0 radical (unpaired) electrons. The molecule has 1 saturated heterocycles. The van der Waals surface area contributed by atoms with Crippen molar-refractivity contribution in [2.45, 2.75) is 26.3 Å². The number of amides is 1. The van der Waals surface area contributed by atoms with E-state index in [-0.39, 0.29) is 29.6 Å². The number of carbonyl (C=O) groups excluding carboxylic acids is 2. The number of Topliss-reactive ketones (excluding diaryl/α,β-unsaturated/α-hetero) is 1. The van der Waals surface area contributed by atoms with Crippen molar-refractivity contribution in [1.29, 1.82) is 0 Å². The second kappa shape index (κ2) is 7.00. The second-order valence-electron chi connectivity index (χ2n) is 6.72. The molecule has 3 rings (SSSR count). The van der Waals surface area contributed by atoms with E-state index in [1.807, 2.05) is 72.5 Å². The van der Waals surface area contributed by atoms with Crippen molar-refractivity contribution < 1.29 is 9.59 Å². The topological polar surface area (TPSA) is 37.4 Å². The predicted molar refractivity (Wildman–Crippen MR) is 95.0 cm³/mol. The van der Waals surface area contributed by atoms with Crippen LogP contribution in [0.25, 0.3) is 0 Å². The van der Waals surface area contributed by atoms with Crippen LogP contribution in [0.4, 0.5) is 0 Å². The first-order chi connectivity index (χ1) is 11.6. The van der Waals surface area contributed by atoms with Gasteiger partial charge in [-0.3, -0.25) is 9.59 Å². The van der Waals surface area contributed by atoms with Gasteiger partial charge in [0.2, 0.25) is 0 Å². The smallest absolute Gasteiger partial charge is 0.254 e. The van der Waals surface area contributed by atoms with Crippen LogP contribution in [-0.4, -0.2) is 29.2 Å². The van der Waals surface area contributed by atoms with Crippen molar-refractivity contribution in [3.05, 3.63) is 71.8 Å². The van der Waals surface area contributed by atoms with Gasteiger partial charge in [-0.1, -0.05) is 55.5 Å². The molecule has 1 fully saturated rings.